The van der Waals surface area contributed by atoms with Gasteiger partial charge in [0, 0.05) is 11.3 Å². The number of benzene rings is 2. The fourth-order valence-corrected chi connectivity index (χ4v) is 3.81. The number of aryl methyl sites for hydroxylation is 2. The van der Waals surface area contributed by atoms with Crippen LogP contribution in [0.2, 0.25) is 0 Å². The molecule has 138 valence electrons. The van der Waals surface area contributed by atoms with Gasteiger partial charge in [-0.3, -0.25) is 14.9 Å². The van der Waals surface area contributed by atoms with E-state index in [1.165, 1.54) is 23.1 Å². The van der Waals surface area contributed by atoms with Crippen molar-refractivity contribution < 1.29 is 9.59 Å². The van der Waals surface area contributed by atoms with Crippen molar-refractivity contribution in [1.82, 2.24) is 10.2 Å². The molecule has 2 amide bonds. The summed E-state index contributed by atoms with van der Waals surface area (Å²) in [6.07, 6.45) is 0. The summed E-state index contributed by atoms with van der Waals surface area (Å²) < 4.78 is 0.620. The van der Waals surface area contributed by atoms with E-state index in [4.69, 9.17) is 0 Å². The summed E-state index contributed by atoms with van der Waals surface area (Å²) in [5, 5.41) is 14.0. The van der Waals surface area contributed by atoms with E-state index < -0.39 is 0 Å². The molecule has 0 atom stereocenters. The Labute approximate surface area is 165 Å². The highest BCUT2D eigenvalue weighted by Crippen LogP contribution is 2.26. The van der Waals surface area contributed by atoms with E-state index >= 15 is 0 Å². The highest BCUT2D eigenvalue weighted by molar-refractivity contribution is 8.01. The number of carbonyl (C=O) groups is 2. The SMILES string of the molecule is Cc1ccc(C)c(NC(=O)CSc2nnc(NC(=O)c3ccccc3)s2)c1. The second-order valence-corrected chi connectivity index (χ2v) is 8.05. The number of nitrogens with one attached hydrogen (secondary N) is 2. The van der Waals surface area contributed by atoms with Crippen molar-refractivity contribution in [2.24, 2.45) is 0 Å². The quantitative estimate of drug-likeness (QED) is 0.482. The van der Waals surface area contributed by atoms with E-state index in [-0.39, 0.29) is 17.6 Å². The Morgan fingerprint density at radius 3 is 2.59 bits per heavy atom. The first-order chi connectivity index (χ1) is 13.0. The molecule has 2 aromatic carbocycles. The fourth-order valence-electron chi connectivity index (χ4n) is 2.26. The summed E-state index contributed by atoms with van der Waals surface area (Å²) in [6.45, 7) is 3.94. The van der Waals surface area contributed by atoms with E-state index in [1.807, 2.05) is 38.1 Å². The predicted molar refractivity (Wildman–Crippen MR) is 110 cm³/mol. The number of hydrogen-bond acceptors (Lipinski definition) is 6. The molecule has 0 saturated carbocycles. The maximum Gasteiger partial charge on any atom is 0.257 e. The summed E-state index contributed by atoms with van der Waals surface area (Å²) in [5.41, 5.74) is 3.47. The summed E-state index contributed by atoms with van der Waals surface area (Å²) in [7, 11) is 0. The van der Waals surface area contributed by atoms with E-state index in [9.17, 15) is 9.59 Å². The minimum absolute atomic E-state index is 0.112. The molecule has 0 radical (unpaired) electrons. The number of carbonyl (C=O) groups excluding carboxylic acids is 2. The van der Waals surface area contributed by atoms with E-state index in [0.29, 0.717) is 15.0 Å². The third-order valence-corrected chi connectivity index (χ3v) is 5.63. The van der Waals surface area contributed by atoms with Crippen molar-refractivity contribution in [2.75, 3.05) is 16.4 Å². The number of rotatable bonds is 6. The van der Waals surface area contributed by atoms with Crippen LogP contribution in [0.25, 0.3) is 0 Å². The lowest BCUT2D eigenvalue weighted by atomic mass is 10.1. The molecular formula is C19H18N4O2S2. The topological polar surface area (TPSA) is 84.0 Å². The third-order valence-electron chi connectivity index (χ3n) is 3.66. The first kappa shape index (κ1) is 19.1. The Morgan fingerprint density at radius 2 is 1.81 bits per heavy atom. The molecule has 1 heterocycles. The normalized spacial score (nSPS) is 10.4. The van der Waals surface area contributed by atoms with Gasteiger partial charge in [0.1, 0.15) is 0 Å². The van der Waals surface area contributed by atoms with Crippen LogP contribution in [0.5, 0.6) is 0 Å². The summed E-state index contributed by atoms with van der Waals surface area (Å²) >= 11 is 2.52. The van der Waals surface area contributed by atoms with Gasteiger partial charge in [-0.25, -0.2) is 0 Å². The first-order valence-corrected chi connectivity index (χ1v) is 10.0. The van der Waals surface area contributed by atoms with Crippen LogP contribution in [-0.2, 0) is 4.79 Å². The molecule has 0 bridgehead atoms. The Bertz CT molecular complexity index is 957. The number of aromatic nitrogens is 2. The standard InChI is InChI=1S/C19H18N4O2S2/c1-12-8-9-13(2)15(10-12)20-16(24)11-26-19-23-22-18(27-19)21-17(25)14-6-4-3-5-7-14/h3-10H,11H2,1-2H3,(H,20,24)(H,21,22,25). The summed E-state index contributed by atoms with van der Waals surface area (Å²) in [4.78, 5) is 24.3. The molecule has 27 heavy (non-hydrogen) atoms. The van der Waals surface area contributed by atoms with Crippen molar-refractivity contribution in [3.63, 3.8) is 0 Å². The van der Waals surface area contributed by atoms with Gasteiger partial charge in [0.2, 0.25) is 11.0 Å². The number of thioether (sulfide) groups is 1. The van der Waals surface area contributed by atoms with Gasteiger partial charge in [-0.1, -0.05) is 53.4 Å². The minimum atomic E-state index is -0.240. The minimum Gasteiger partial charge on any atom is -0.325 e. The lowest BCUT2D eigenvalue weighted by Gasteiger charge is -2.08. The van der Waals surface area contributed by atoms with Crippen LogP contribution in [0.15, 0.2) is 52.9 Å². The van der Waals surface area contributed by atoms with Crippen LogP contribution in [0, 0.1) is 13.8 Å². The smallest absolute Gasteiger partial charge is 0.257 e. The molecule has 8 heteroatoms. The Morgan fingerprint density at radius 1 is 1.04 bits per heavy atom. The van der Waals surface area contributed by atoms with Crippen LogP contribution in [0.4, 0.5) is 10.8 Å². The molecule has 3 rings (SSSR count). The molecule has 2 N–H and O–H groups in total. The predicted octanol–water partition coefficient (Wildman–Crippen LogP) is 4.14. The monoisotopic (exact) mass is 398 g/mol. The Kier molecular flexibility index (Phi) is 6.20. The Hall–Kier alpha value is -2.71. The van der Waals surface area contributed by atoms with Crippen molar-refractivity contribution in [2.45, 2.75) is 18.2 Å². The zero-order valence-corrected chi connectivity index (χ0v) is 16.5. The van der Waals surface area contributed by atoms with Gasteiger partial charge >= 0.3 is 0 Å². The molecule has 3 aromatic rings. The zero-order valence-electron chi connectivity index (χ0n) is 14.9. The average molecular weight is 399 g/mol. The van der Waals surface area contributed by atoms with Crippen LogP contribution in [0.1, 0.15) is 21.5 Å². The number of hydrogen-bond donors (Lipinski definition) is 2. The lowest BCUT2D eigenvalue weighted by Crippen LogP contribution is -2.14. The van der Waals surface area contributed by atoms with E-state index in [1.54, 1.807) is 24.3 Å². The lowest BCUT2D eigenvalue weighted by molar-refractivity contribution is -0.113. The molecule has 0 aliphatic heterocycles. The van der Waals surface area contributed by atoms with Crippen molar-refractivity contribution in [1.29, 1.82) is 0 Å². The highest BCUT2D eigenvalue weighted by atomic mass is 32.2. The second kappa shape index (κ2) is 8.79. The largest absolute Gasteiger partial charge is 0.325 e. The number of anilines is 2. The summed E-state index contributed by atoms with van der Waals surface area (Å²) in [5.74, 6) is -0.135. The van der Waals surface area contributed by atoms with Gasteiger partial charge in [0.05, 0.1) is 5.75 Å². The zero-order chi connectivity index (χ0) is 19.2. The molecule has 6 nitrogen and oxygen atoms in total. The van der Waals surface area contributed by atoms with Crippen molar-refractivity contribution in [3.05, 3.63) is 65.2 Å². The third kappa shape index (κ3) is 5.38. The van der Waals surface area contributed by atoms with Gasteiger partial charge in [0.15, 0.2) is 4.34 Å². The van der Waals surface area contributed by atoms with E-state index in [2.05, 4.69) is 20.8 Å². The van der Waals surface area contributed by atoms with Crippen molar-refractivity contribution in [3.8, 4) is 0 Å². The second-order valence-electron chi connectivity index (χ2n) is 5.85. The van der Waals surface area contributed by atoms with Gasteiger partial charge < -0.3 is 5.32 Å². The maximum absolute atomic E-state index is 12.2. The van der Waals surface area contributed by atoms with E-state index in [0.717, 1.165) is 16.8 Å². The van der Waals surface area contributed by atoms with Gasteiger partial charge in [-0.2, -0.15) is 0 Å². The first-order valence-electron chi connectivity index (χ1n) is 8.21. The molecule has 0 aliphatic carbocycles. The van der Waals surface area contributed by atoms with Crippen molar-refractivity contribution >= 4 is 45.7 Å². The molecule has 0 spiro atoms. The van der Waals surface area contributed by atoms with Gasteiger partial charge in [0.25, 0.3) is 5.91 Å². The molecule has 0 fully saturated rings. The Balaban J connectivity index is 1.52. The van der Waals surface area contributed by atoms with Gasteiger partial charge in [-0.15, -0.1) is 10.2 Å². The molecular weight excluding hydrogens is 380 g/mol. The fraction of sp³-hybridized carbons (Fsp3) is 0.158. The number of nitrogens with zero attached hydrogens (tertiary/aromatic N) is 2. The number of amides is 2. The molecule has 0 unspecified atom stereocenters. The summed E-state index contributed by atoms with van der Waals surface area (Å²) in [6, 6.07) is 14.8. The van der Waals surface area contributed by atoms with Crippen LogP contribution < -0.4 is 10.6 Å². The highest BCUT2D eigenvalue weighted by Gasteiger charge is 2.12. The molecule has 0 saturated heterocycles. The van der Waals surface area contributed by atoms with Crippen LogP contribution >= 0.6 is 23.1 Å². The maximum atomic E-state index is 12.2. The molecule has 1 aromatic heterocycles. The van der Waals surface area contributed by atoms with Gasteiger partial charge in [-0.05, 0) is 43.2 Å². The van der Waals surface area contributed by atoms with Crippen LogP contribution in [-0.4, -0.2) is 27.8 Å². The van der Waals surface area contributed by atoms with Crippen LogP contribution in [0.3, 0.4) is 0 Å². The average Bonchev–Trinajstić information content (AvgIpc) is 3.11. The molecule has 0 aliphatic rings.